The Morgan fingerprint density at radius 2 is 1.96 bits per heavy atom. The third kappa shape index (κ3) is 3.55. The van der Waals surface area contributed by atoms with Crippen LogP contribution in [0, 0.1) is 6.92 Å². The highest BCUT2D eigenvalue weighted by Crippen LogP contribution is 2.34. The molecule has 1 aliphatic rings. The fourth-order valence-corrected chi connectivity index (χ4v) is 3.91. The highest BCUT2D eigenvalue weighted by Gasteiger charge is 2.20. The van der Waals surface area contributed by atoms with Crippen molar-refractivity contribution in [3.05, 3.63) is 47.0 Å². The van der Waals surface area contributed by atoms with E-state index >= 15 is 0 Å². The van der Waals surface area contributed by atoms with Crippen molar-refractivity contribution in [2.45, 2.75) is 19.9 Å². The quantitative estimate of drug-likeness (QED) is 0.718. The van der Waals surface area contributed by atoms with Gasteiger partial charge in [-0.2, -0.15) is 0 Å². The van der Waals surface area contributed by atoms with Gasteiger partial charge in [-0.15, -0.1) is 11.3 Å². The van der Waals surface area contributed by atoms with Gasteiger partial charge in [-0.05, 0) is 49.7 Å². The number of amides is 2. The lowest BCUT2D eigenvalue weighted by molar-refractivity contribution is 0.170. The van der Waals surface area contributed by atoms with Crippen LogP contribution in [0.4, 0.5) is 10.5 Å². The highest BCUT2D eigenvalue weighted by molar-refractivity contribution is 7.18. The Balaban J connectivity index is 1.48. The zero-order valence-electron chi connectivity index (χ0n) is 15.5. The number of carbonyl (C=O) groups is 1. The van der Waals surface area contributed by atoms with E-state index in [4.69, 9.17) is 9.47 Å². The molecule has 140 valence electrons. The van der Waals surface area contributed by atoms with Gasteiger partial charge in [0.15, 0.2) is 11.5 Å². The number of hydrogen-bond acceptors (Lipinski definition) is 5. The smallest absolute Gasteiger partial charge is 0.322 e. The molecule has 0 bridgehead atoms. The monoisotopic (exact) mass is 383 g/mol. The number of nitrogens with one attached hydrogen (secondary N) is 1. The standard InChI is InChI=1S/C20H21N3O3S/c1-12(14-4-7-17-18(10-14)26-9-8-25-17)23(3)20(24)22-15-5-6-16-19(11-15)27-13(2)21-16/h4-7,10-12H,8-9H2,1-3H3,(H,22,24). The first-order valence-electron chi connectivity index (χ1n) is 8.82. The van der Waals surface area contributed by atoms with Crippen molar-refractivity contribution in [3.63, 3.8) is 0 Å². The van der Waals surface area contributed by atoms with Crippen LogP contribution in [0.25, 0.3) is 10.2 Å². The van der Waals surface area contributed by atoms with E-state index in [2.05, 4.69) is 10.3 Å². The molecule has 0 spiro atoms. The minimum absolute atomic E-state index is 0.116. The van der Waals surface area contributed by atoms with Gasteiger partial charge < -0.3 is 19.7 Å². The van der Waals surface area contributed by atoms with Gasteiger partial charge in [0.25, 0.3) is 0 Å². The van der Waals surface area contributed by atoms with Gasteiger partial charge in [0, 0.05) is 12.7 Å². The number of ether oxygens (including phenoxy) is 2. The Kier molecular flexibility index (Phi) is 4.61. The van der Waals surface area contributed by atoms with Crippen molar-refractivity contribution in [2.24, 2.45) is 0 Å². The average molecular weight is 383 g/mol. The third-order valence-corrected chi connectivity index (χ3v) is 5.63. The van der Waals surface area contributed by atoms with Crippen LogP contribution in [0.15, 0.2) is 36.4 Å². The molecule has 2 amide bonds. The second-order valence-corrected chi connectivity index (χ2v) is 7.77. The number of anilines is 1. The van der Waals surface area contributed by atoms with Gasteiger partial charge in [0.2, 0.25) is 0 Å². The van der Waals surface area contributed by atoms with E-state index in [1.807, 2.05) is 50.2 Å². The van der Waals surface area contributed by atoms with E-state index in [1.165, 1.54) is 0 Å². The van der Waals surface area contributed by atoms with E-state index in [9.17, 15) is 4.79 Å². The number of rotatable bonds is 3. The molecule has 4 rings (SSSR count). The van der Waals surface area contributed by atoms with Gasteiger partial charge in [-0.3, -0.25) is 0 Å². The molecular weight excluding hydrogens is 362 g/mol. The maximum Gasteiger partial charge on any atom is 0.322 e. The van der Waals surface area contributed by atoms with Crippen LogP contribution in [0.3, 0.4) is 0 Å². The van der Waals surface area contributed by atoms with Crippen molar-refractivity contribution < 1.29 is 14.3 Å². The summed E-state index contributed by atoms with van der Waals surface area (Å²) in [6.45, 7) is 5.07. The predicted molar refractivity (Wildman–Crippen MR) is 107 cm³/mol. The number of aryl methyl sites for hydroxylation is 1. The summed E-state index contributed by atoms with van der Waals surface area (Å²) in [6.07, 6.45) is 0. The number of nitrogens with zero attached hydrogens (tertiary/aromatic N) is 2. The van der Waals surface area contributed by atoms with Crippen molar-refractivity contribution in [2.75, 3.05) is 25.6 Å². The number of hydrogen-bond donors (Lipinski definition) is 1. The lowest BCUT2D eigenvalue weighted by Gasteiger charge is -2.27. The van der Waals surface area contributed by atoms with Crippen LogP contribution in [0.5, 0.6) is 11.5 Å². The summed E-state index contributed by atoms with van der Waals surface area (Å²) >= 11 is 1.62. The fraction of sp³-hybridized carbons (Fsp3) is 0.300. The Morgan fingerprint density at radius 1 is 1.19 bits per heavy atom. The maximum atomic E-state index is 12.7. The predicted octanol–water partition coefficient (Wildman–Crippen LogP) is 4.60. The largest absolute Gasteiger partial charge is 0.486 e. The van der Waals surface area contributed by atoms with Gasteiger partial charge >= 0.3 is 6.03 Å². The van der Waals surface area contributed by atoms with E-state index in [-0.39, 0.29) is 12.1 Å². The average Bonchev–Trinajstić information content (AvgIpc) is 3.05. The lowest BCUT2D eigenvalue weighted by Crippen LogP contribution is -2.33. The minimum Gasteiger partial charge on any atom is -0.486 e. The summed E-state index contributed by atoms with van der Waals surface area (Å²) in [4.78, 5) is 18.8. The molecule has 7 heteroatoms. The van der Waals surface area contributed by atoms with Crippen molar-refractivity contribution in [1.29, 1.82) is 0 Å². The molecule has 1 unspecified atom stereocenters. The van der Waals surface area contributed by atoms with Gasteiger partial charge in [0.1, 0.15) is 13.2 Å². The molecule has 2 heterocycles. The minimum atomic E-state index is -0.169. The van der Waals surface area contributed by atoms with E-state index in [0.717, 1.165) is 38.0 Å². The zero-order chi connectivity index (χ0) is 19.0. The fourth-order valence-electron chi connectivity index (χ4n) is 3.05. The lowest BCUT2D eigenvalue weighted by atomic mass is 10.1. The molecule has 1 N–H and O–H groups in total. The van der Waals surface area contributed by atoms with E-state index < -0.39 is 0 Å². The molecule has 1 aliphatic heterocycles. The summed E-state index contributed by atoms with van der Waals surface area (Å²) in [5.74, 6) is 1.47. The number of thiazole rings is 1. The van der Waals surface area contributed by atoms with Gasteiger partial charge in [-0.25, -0.2) is 9.78 Å². The molecule has 6 nitrogen and oxygen atoms in total. The number of aromatic nitrogens is 1. The Bertz CT molecular complexity index is 1000. The van der Waals surface area contributed by atoms with Crippen molar-refractivity contribution in [3.8, 4) is 11.5 Å². The molecule has 0 saturated heterocycles. The summed E-state index contributed by atoms with van der Waals surface area (Å²) in [5.41, 5.74) is 2.70. The number of carbonyl (C=O) groups excluding carboxylic acids is 1. The Morgan fingerprint density at radius 3 is 2.78 bits per heavy atom. The van der Waals surface area contributed by atoms with Crippen LogP contribution in [0.1, 0.15) is 23.5 Å². The number of fused-ring (bicyclic) bond motifs is 2. The second-order valence-electron chi connectivity index (χ2n) is 6.54. The molecule has 27 heavy (non-hydrogen) atoms. The van der Waals surface area contributed by atoms with E-state index in [1.54, 1.807) is 23.3 Å². The molecule has 1 aromatic heterocycles. The molecule has 2 aromatic carbocycles. The summed E-state index contributed by atoms with van der Waals surface area (Å²) < 4.78 is 12.3. The zero-order valence-corrected chi connectivity index (χ0v) is 16.3. The van der Waals surface area contributed by atoms with Gasteiger partial charge in [0.05, 0.1) is 21.3 Å². The van der Waals surface area contributed by atoms with Crippen molar-refractivity contribution in [1.82, 2.24) is 9.88 Å². The molecule has 0 fully saturated rings. The van der Waals surface area contributed by atoms with Crippen LogP contribution in [-0.4, -0.2) is 36.2 Å². The molecule has 3 aromatic rings. The summed E-state index contributed by atoms with van der Waals surface area (Å²) in [6, 6.07) is 11.3. The topological polar surface area (TPSA) is 63.7 Å². The van der Waals surface area contributed by atoms with Crippen LogP contribution in [0.2, 0.25) is 0 Å². The molecular formula is C20H21N3O3S. The SMILES string of the molecule is Cc1nc2ccc(NC(=O)N(C)C(C)c3ccc4c(c3)OCCO4)cc2s1. The maximum absolute atomic E-state index is 12.7. The third-order valence-electron chi connectivity index (χ3n) is 4.70. The first kappa shape index (κ1) is 17.6. The highest BCUT2D eigenvalue weighted by atomic mass is 32.1. The van der Waals surface area contributed by atoms with Crippen LogP contribution in [-0.2, 0) is 0 Å². The number of urea groups is 1. The summed E-state index contributed by atoms with van der Waals surface area (Å²) in [5, 5.41) is 3.98. The molecule has 1 atom stereocenters. The number of benzene rings is 2. The Hall–Kier alpha value is -2.80. The van der Waals surface area contributed by atoms with Gasteiger partial charge in [-0.1, -0.05) is 6.07 Å². The van der Waals surface area contributed by atoms with E-state index in [0.29, 0.717) is 13.2 Å². The van der Waals surface area contributed by atoms with Crippen LogP contribution >= 0.6 is 11.3 Å². The summed E-state index contributed by atoms with van der Waals surface area (Å²) in [7, 11) is 1.78. The first-order chi connectivity index (χ1) is 13.0. The Labute approximate surface area is 161 Å². The molecule has 0 saturated carbocycles. The van der Waals surface area contributed by atoms with Crippen LogP contribution < -0.4 is 14.8 Å². The molecule has 0 aliphatic carbocycles. The normalized spacial score (nSPS) is 14.0. The second kappa shape index (κ2) is 7.08. The van der Waals surface area contributed by atoms with Crippen molar-refractivity contribution >= 4 is 33.3 Å². The molecule has 0 radical (unpaired) electrons. The first-order valence-corrected chi connectivity index (χ1v) is 9.63.